The smallest absolute Gasteiger partial charge is 0.276 e. The van der Waals surface area contributed by atoms with E-state index in [0.717, 1.165) is 38.9 Å². The molecule has 0 radical (unpaired) electrons. The summed E-state index contributed by atoms with van der Waals surface area (Å²) in [4.78, 5) is 28.7. The molecule has 3 aliphatic heterocycles. The minimum atomic E-state index is -0.0397. The SMILES string of the molecule is Cc1cc(C(=O)N2C[C@H]3C[C@H](C2)[C@H]2CCCC(=O)N2C3)no1. The molecule has 0 aliphatic carbocycles. The highest BCUT2D eigenvalue weighted by molar-refractivity contribution is 5.92. The highest BCUT2D eigenvalue weighted by Crippen LogP contribution is 2.38. The summed E-state index contributed by atoms with van der Waals surface area (Å²) in [6, 6.07) is 2.02. The largest absolute Gasteiger partial charge is 0.361 e. The molecule has 4 rings (SSSR count). The maximum atomic E-state index is 12.6. The third-order valence-corrected chi connectivity index (χ3v) is 5.31. The molecule has 0 N–H and O–H groups in total. The Bertz CT molecular complexity index is 612. The van der Waals surface area contributed by atoms with Gasteiger partial charge in [0.25, 0.3) is 5.91 Å². The molecule has 3 atom stereocenters. The van der Waals surface area contributed by atoms with Gasteiger partial charge < -0.3 is 14.3 Å². The van der Waals surface area contributed by atoms with Gasteiger partial charge in [0, 0.05) is 38.2 Å². The van der Waals surface area contributed by atoms with E-state index in [1.807, 2.05) is 4.90 Å². The van der Waals surface area contributed by atoms with Crippen LogP contribution in [0.25, 0.3) is 0 Å². The van der Waals surface area contributed by atoms with Crippen molar-refractivity contribution in [3.8, 4) is 0 Å². The summed E-state index contributed by atoms with van der Waals surface area (Å²) in [6.07, 6.45) is 3.89. The summed E-state index contributed by atoms with van der Waals surface area (Å²) in [5.41, 5.74) is 0.397. The second-order valence-electron chi connectivity index (χ2n) is 6.90. The number of piperidine rings is 3. The van der Waals surface area contributed by atoms with Crippen molar-refractivity contribution in [1.82, 2.24) is 15.0 Å². The molecule has 118 valence electrons. The van der Waals surface area contributed by atoms with E-state index in [9.17, 15) is 9.59 Å². The van der Waals surface area contributed by atoms with Crippen LogP contribution in [0, 0.1) is 18.8 Å². The van der Waals surface area contributed by atoms with Crippen LogP contribution in [0.15, 0.2) is 10.6 Å². The Morgan fingerprint density at radius 2 is 2.23 bits per heavy atom. The van der Waals surface area contributed by atoms with Crippen LogP contribution < -0.4 is 0 Å². The van der Waals surface area contributed by atoms with Gasteiger partial charge in [-0.1, -0.05) is 5.16 Å². The molecule has 3 aliphatic rings. The average molecular weight is 303 g/mol. The first-order valence-electron chi connectivity index (χ1n) is 8.14. The molecule has 2 bridgehead atoms. The number of fused-ring (bicyclic) bond motifs is 4. The zero-order valence-corrected chi connectivity index (χ0v) is 12.8. The molecule has 0 spiro atoms. The van der Waals surface area contributed by atoms with Gasteiger partial charge in [-0.2, -0.15) is 0 Å². The Hall–Kier alpha value is -1.85. The minimum Gasteiger partial charge on any atom is -0.361 e. The number of hydrogen-bond donors (Lipinski definition) is 0. The van der Waals surface area contributed by atoms with Crippen LogP contribution in [0.3, 0.4) is 0 Å². The number of hydrogen-bond acceptors (Lipinski definition) is 4. The first-order chi connectivity index (χ1) is 10.6. The lowest BCUT2D eigenvalue weighted by atomic mass is 9.76. The van der Waals surface area contributed by atoms with Gasteiger partial charge in [0.1, 0.15) is 5.76 Å². The Kier molecular flexibility index (Phi) is 3.20. The predicted octanol–water partition coefficient (Wildman–Crippen LogP) is 1.46. The van der Waals surface area contributed by atoms with Gasteiger partial charge in [-0.15, -0.1) is 0 Å². The van der Waals surface area contributed by atoms with Crippen LogP contribution in [-0.2, 0) is 4.79 Å². The summed E-state index contributed by atoms with van der Waals surface area (Å²) >= 11 is 0. The minimum absolute atomic E-state index is 0.0397. The maximum Gasteiger partial charge on any atom is 0.276 e. The van der Waals surface area contributed by atoms with Gasteiger partial charge in [0.2, 0.25) is 5.91 Å². The summed E-state index contributed by atoms with van der Waals surface area (Å²) in [7, 11) is 0. The summed E-state index contributed by atoms with van der Waals surface area (Å²) in [5, 5.41) is 3.85. The van der Waals surface area contributed by atoms with Gasteiger partial charge >= 0.3 is 0 Å². The summed E-state index contributed by atoms with van der Waals surface area (Å²) in [5.74, 6) is 1.73. The van der Waals surface area contributed by atoms with Crippen molar-refractivity contribution < 1.29 is 14.1 Å². The van der Waals surface area contributed by atoms with Crippen molar-refractivity contribution in [1.29, 1.82) is 0 Å². The second kappa shape index (κ2) is 5.11. The van der Waals surface area contributed by atoms with Crippen molar-refractivity contribution in [2.75, 3.05) is 19.6 Å². The Morgan fingerprint density at radius 1 is 1.36 bits per heavy atom. The predicted molar refractivity (Wildman–Crippen MR) is 78.1 cm³/mol. The van der Waals surface area contributed by atoms with Crippen LogP contribution >= 0.6 is 0 Å². The van der Waals surface area contributed by atoms with Crippen LogP contribution in [0.2, 0.25) is 0 Å². The van der Waals surface area contributed by atoms with Gasteiger partial charge in [-0.05, 0) is 38.0 Å². The first kappa shape index (κ1) is 13.8. The van der Waals surface area contributed by atoms with E-state index in [1.54, 1.807) is 13.0 Å². The van der Waals surface area contributed by atoms with Crippen LogP contribution in [-0.4, -0.2) is 52.4 Å². The highest BCUT2D eigenvalue weighted by Gasteiger charge is 2.45. The highest BCUT2D eigenvalue weighted by atomic mass is 16.5. The number of carbonyl (C=O) groups excluding carboxylic acids is 2. The number of amides is 2. The van der Waals surface area contributed by atoms with Gasteiger partial charge in [-0.3, -0.25) is 9.59 Å². The molecule has 0 saturated carbocycles. The van der Waals surface area contributed by atoms with Crippen molar-refractivity contribution in [3.05, 3.63) is 17.5 Å². The molecule has 1 aromatic rings. The van der Waals surface area contributed by atoms with Gasteiger partial charge in [-0.25, -0.2) is 0 Å². The first-order valence-corrected chi connectivity index (χ1v) is 8.14. The monoisotopic (exact) mass is 303 g/mol. The summed E-state index contributed by atoms with van der Waals surface area (Å²) in [6.45, 7) is 4.05. The lowest BCUT2D eigenvalue weighted by molar-refractivity contribution is -0.144. The molecule has 0 unspecified atom stereocenters. The standard InChI is InChI=1S/C16H21N3O3/c1-10-5-13(17-22-10)16(21)18-7-11-6-12(9-18)14-3-2-4-15(20)19(14)8-11/h5,11-12,14H,2-4,6-9H2,1H3/t11-,12-,14-/m1/s1. The van der Waals surface area contributed by atoms with Gasteiger partial charge in [0.05, 0.1) is 0 Å². The fraction of sp³-hybridized carbons (Fsp3) is 0.688. The fourth-order valence-electron chi connectivity index (χ4n) is 4.40. The number of nitrogens with zero attached hydrogens (tertiary/aromatic N) is 3. The molecular weight excluding hydrogens is 282 g/mol. The quantitative estimate of drug-likeness (QED) is 0.787. The molecule has 1 aromatic heterocycles. The Morgan fingerprint density at radius 3 is 3.00 bits per heavy atom. The van der Waals surface area contributed by atoms with Crippen molar-refractivity contribution >= 4 is 11.8 Å². The Labute approximate surface area is 129 Å². The summed E-state index contributed by atoms with van der Waals surface area (Å²) < 4.78 is 5.02. The van der Waals surface area contributed by atoms with Gasteiger partial charge in [0.15, 0.2) is 5.69 Å². The maximum absolute atomic E-state index is 12.6. The van der Waals surface area contributed by atoms with E-state index in [-0.39, 0.29) is 5.91 Å². The fourth-order valence-corrected chi connectivity index (χ4v) is 4.40. The molecule has 0 aromatic carbocycles. The van der Waals surface area contributed by atoms with E-state index < -0.39 is 0 Å². The molecule has 6 nitrogen and oxygen atoms in total. The zero-order valence-electron chi connectivity index (χ0n) is 12.8. The number of aryl methyl sites for hydroxylation is 1. The van der Waals surface area contributed by atoms with E-state index in [2.05, 4.69) is 10.1 Å². The number of rotatable bonds is 1. The molecule has 3 fully saturated rings. The van der Waals surface area contributed by atoms with Crippen LogP contribution in [0.1, 0.15) is 41.9 Å². The number of aromatic nitrogens is 1. The molecule has 22 heavy (non-hydrogen) atoms. The van der Waals surface area contributed by atoms with E-state index >= 15 is 0 Å². The normalized spacial score (nSPS) is 31.1. The lowest BCUT2D eigenvalue weighted by Crippen LogP contribution is -2.61. The topological polar surface area (TPSA) is 66.7 Å². The van der Waals surface area contributed by atoms with E-state index in [1.165, 1.54) is 0 Å². The molecule has 2 amide bonds. The van der Waals surface area contributed by atoms with E-state index in [0.29, 0.717) is 41.7 Å². The van der Waals surface area contributed by atoms with Crippen molar-refractivity contribution in [2.45, 2.75) is 38.6 Å². The molecule has 6 heteroatoms. The van der Waals surface area contributed by atoms with Crippen LogP contribution in [0.4, 0.5) is 0 Å². The lowest BCUT2D eigenvalue weighted by Gasteiger charge is -2.52. The number of likely N-dealkylation sites (tertiary alicyclic amines) is 1. The Balaban J connectivity index is 1.53. The third kappa shape index (κ3) is 2.21. The van der Waals surface area contributed by atoms with Crippen molar-refractivity contribution in [2.24, 2.45) is 11.8 Å². The zero-order chi connectivity index (χ0) is 15.3. The second-order valence-corrected chi connectivity index (χ2v) is 6.90. The molecular formula is C16H21N3O3. The molecule has 3 saturated heterocycles. The van der Waals surface area contributed by atoms with Crippen molar-refractivity contribution in [3.63, 3.8) is 0 Å². The van der Waals surface area contributed by atoms with Crippen LogP contribution in [0.5, 0.6) is 0 Å². The third-order valence-electron chi connectivity index (χ3n) is 5.31. The number of carbonyl (C=O) groups is 2. The average Bonchev–Trinajstić information content (AvgIpc) is 2.94. The van der Waals surface area contributed by atoms with E-state index in [4.69, 9.17) is 4.52 Å². The molecule has 4 heterocycles.